The fourth-order valence-corrected chi connectivity index (χ4v) is 12.0. The van der Waals surface area contributed by atoms with E-state index in [4.69, 9.17) is 0 Å². The molecule has 12 aromatic rings. The zero-order valence-corrected chi connectivity index (χ0v) is 34.2. The predicted molar refractivity (Wildman–Crippen MR) is 259 cm³/mol. The van der Waals surface area contributed by atoms with E-state index >= 15 is 0 Å². The number of aromatic nitrogens is 1. The molecule has 0 aliphatic rings. The van der Waals surface area contributed by atoms with Gasteiger partial charge in [0.25, 0.3) is 0 Å². The van der Waals surface area contributed by atoms with Crippen LogP contribution in [-0.2, 0) is 0 Å². The van der Waals surface area contributed by atoms with Gasteiger partial charge in [0.05, 0.1) is 38.3 Å². The molecular formula is C56H31N3S2. The topological polar surface area (TPSA) is 33.1 Å². The quantitative estimate of drug-likeness (QED) is 0.159. The molecule has 3 nitrogen and oxygen atoms in total. The standard InChI is InChI=1S/C56H31N3S2/c1-58-51-49(35-18-7-3-8-19-35)48(38-23-15-22-37(32-38)34-16-5-2-6-17-34)45(33-57)52(50(51)36-20-9-4-10-21-36)59-53-41(28-30-43-39-24-11-13-26-46(39)60-55(43)53)42-29-31-44-40-25-12-14-27-47(40)61-56(44)54(42)59/h2-32H. The second kappa shape index (κ2) is 13.9. The monoisotopic (exact) mass is 809 g/mol. The van der Waals surface area contributed by atoms with Crippen molar-refractivity contribution in [1.29, 1.82) is 5.26 Å². The third kappa shape index (κ3) is 5.26. The van der Waals surface area contributed by atoms with Crippen LogP contribution in [0.1, 0.15) is 5.56 Å². The first-order valence-corrected chi connectivity index (χ1v) is 21.8. The third-order valence-corrected chi connectivity index (χ3v) is 14.4. The average Bonchev–Trinajstić information content (AvgIpc) is 4.01. The van der Waals surface area contributed by atoms with E-state index in [1.807, 2.05) is 54.6 Å². The van der Waals surface area contributed by atoms with Crippen LogP contribution in [0.5, 0.6) is 0 Å². The van der Waals surface area contributed by atoms with Crippen molar-refractivity contribution in [1.82, 2.24) is 4.57 Å². The lowest BCUT2D eigenvalue weighted by atomic mass is 9.83. The largest absolute Gasteiger partial charge is 0.306 e. The highest BCUT2D eigenvalue weighted by Crippen LogP contribution is 2.55. The number of hydrogen-bond acceptors (Lipinski definition) is 3. The van der Waals surface area contributed by atoms with Crippen LogP contribution in [-0.4, -0.2) is 4.57 Å². The molecule has 9 aromatic carbocycles. The predicted octanol–water partition coefficient (Wildman–Crippen LogP) is 16.6. The van der Waals surface area contributed by atoms with Crippen molar-refractivity contribution in [3.63, 3.8) is 0 Å². The molecule has 12 rings (SSSR count). The Kier molecular flexibility index (Phi) is 8.02. The molecule has 0 atom stereocenters. The van der Waals surface area contributed by atoms with Gasteiger partial charge in [-0.2, -0.15) is 5.26 Å². The minimum atomic E-state index is 0.508. The normalized spacial score (nSPS) is 11.6. The molecule has 282 valence electrons. The minimum absolute atomic E-state index is 0.508. The first kappa shape index (κ1) is 35.2. The van der Waals surface area contributed by atoms with Gasteiger partial charge in [-0.3, -0.25) is 0 Å². The fraction of sp³-hybridized carbons (Fsp3) is 0. The summed E-state index contributed by atoms with van der Waals surface area (Å²) < 4.78 is 7.09. The van der Waals surface area contributed by atoms with Gasteiger partial charge in [-0.15, -0.1) is 22.7 Å². The molecule has 0 saturated heterocycles. The molecular weight excluding hydrogens is 779 g/mol. The fourth-order valence-electron chi connectivity index (χ4n) is 9.47. The molecule has 0 fully saturated rings. The summed E-state index contributed by atoms with van der Waals surface area (Å²) in [4.78, 5) is 4.52. The van der Waals surface area contributed by atoms with Crippen molar-refractivity contribution in [2.45, 2.75) is 0 Å². The molecule has 5 heteroatoms. The Labute approximate surface area is 359 Å². The number of rotatable bonds is 5. The smallest absolute Gasteiger partial charge is 0.205 e. The van der Waals surface area contributed by atoms with Crippen LogP contribution in [0.25, 0.3) is 117 Å². The van der Waals surface area contributed by atoms with Gasteiger partial charge in [-0.1, -0.05) is 170 Å². The molecule has 3 heterocycles. The van der Waals surface area contributed by atoms with E-state index in [2.05, 4.69) is 149 Å². The van der Waals surface area contributed by atoms with Crippen LogP contribution in [0.2, 0.25) is 0 Å². The Bertz CT molecular complexity index is 3700. The highest BCUT2D eigenvalue weighted by molar-refractivity contribution is 7.27. The van der Waals surface area contributed by atoms with Crippen molar-refractivity contribution in [3.05, 3.63) is 205 Å². The number of thiophene rings is 2. The van der Waals surface area contributed by atoms with E-state index < -0.39 is 0 Å². The number of benzene rings is 9. The van der Waals surface area contributed by atoms with E-state index in [9.17, 15) is 11.8 Å². The maximum Gasteiger partial charge on any atom is 0.205 e. The van der Waals surface area contributed by atoms with Gasteiger partial charge in [0, 0.05) is 47.3 Å². The SMILES string of the molecule is [C-]#[N+]c1c(-c2ccccc2)c(-c2cccc(-c3ccccc3)c2)c(C#N)c(-n2c3c(ccc4c5ccccc5sc43)c3ccc4c5ccccc5sc4c32)c1-c1ccccc1. The molecule has 0 N–H and O–H groups in total. The van der Waals surface area contributed by atoms with Gasteiger partial charge in [0.1, 0.15) is 6.07 Å². The summed E-state index contributed by atoms with van der Waals surface area (Å²) in [7, 11) is 0. The van der Waals surface area contributed by atoms with Crippen molar-refractivity contribution < 1.29 is 0 Å². The zero-order valence-electron chi connectivity index (χ0n) is 32.6. The zero-order chi connectivity index (χ0) is 40.6. The van der Waals surface area contributed by atoms with Crippen LogP contribution >= 0.6 is 22.7 Å². The first-order chi connectivity index (χ1) is 30.2. The molecule has 3 aromatic heterocycles. The Morgan fingerprint density at radius 1 is 0.426 bits per heavy atom. The number of hydrogen-bond donors (Lipinski definition) is 0. The van der Waals surface area contributed by atoms with E-state index in [0.29, 0.717) is 11.3 Å². The summed E-state index contributed by atoms with van der Waals surface area (Å²) in [6.45, 7) is 9.18. The van der Waals surface area contributed by atoms with E-state index in [-0.39, 0.29) is 0 Å². The van der Waals surface area contributed by atoms with Crippen molar-refractivity contribution >= 4 is 90.5 Å². The van der Waals surface area contributed by atoms with Gasteiger partial charge in [0.2, 0.25) is 5.69 Å². The van der Waals surface area contributed by atoms with Crippen LogP contribution in [0.15, 0.2) is 188 Å². The van der Waals surface area contributed by atoms with Crippen LogP contribution in [0.3, 0.4) is 0 Å². The summed E-state index contributed by atoms with van der Waals surface area (Å²) in [5, 5.41) is 19.0. The molecule has 0 aliphatic carbocycles. The highest BCUT2D eigenvalue weighted by Gasteiger charge is 2.31. The number of fused-ring (bicyclic) bond motifs is 11. The summed E-state index contributed by atoms with van der Waals surface area (Å²) in [6, 6.07) is 68.3. The average molecular weight is 810 g/mol. The van der Waals surface area contributed by atoms with Crippen molar-refractivity contribution in [2.75, 3.05) is 0 Å². The summed E-state index contributed by atoms with van der Waals surface area (Å²) >= 11 is 3.58. The van der Waals surface area contributed by atoms with E-state index in [1.54, 1.807) is 22.7 Å². The molecule has 0 radical (unpaired) electrons. The summed E-state index contributed by atoms with van der Waals surface area (Å²) in [5.74, 6) is 0. The van der Waals surface area contributed by atoms with Crippen LogP contribution < -0.4 is 0 Å². The van der Waals surface area contributed by atoms with Gasteiger partial charge in [-0.05, 0) is 57.1 Å². The third-order valence-electron chi connectivity index (χ3n) is 12.1. The molecule has 0 aliphatic heterocycles. The van der Waals surface area contributed by atoms with E-state index in [0.717, 1.165) is 81.4 Å². The Hall–Kier alpha value is -7.80. The molecule has 0 amide bonds. The molecule has 0 saturated carbocycles. The van der Waals surface area contributed by atoms with Gasteiger partial charge in [0.15, 0.2) is 0 Å². The number of nitriles is 1. The van der Waals surface area contributed by atoms with E-state index in [1.165, 1.54) is 30.9 Å². The molecule has 61 heavy (non-hydrogen) atoms. The minimum Gasteiger partial charge on any atom is -0.306 e. The van der Waals surface area contributed by atoms with Crippen molar-refractivity contribution in [3.8, 4) is 56.3 Å². The Balaban J connectivity index is 1.36. The summed E-state index contributed by atoms with van der Waals surface area (Å²) in [6.07, 6.45) is 0. The number of nitrogens with zero attached hydrogens (tertiary/aromatic N) is 3. The molecule has 0 bridgehead atoms. The lowest BCUT2D eigenvalue weighted by Gasteiger charge is -2.25. The lowest BCUT2D eigenvalue weighted by Crippen LogP contribution is -2.05. The van der Waals surface area contributed by atoms with Crippen LogP contribution in [0.4, 0.5) is 5.69 Å². The van der Waals surface area contributed by atoms with Gasteiger partial charge in [-0.25, -0.2) is 4.85 Å². The van der Waals surface area contributed by atoms with Gasteiger partial charge < -0.3 is 4.57 Å². The first-order valence-electron chi connectivity index (χ1n) is 20.2. The summed E-state index contributed by atoms with van der Waals surface area (Å²) in [5.41, 5.74) is 10.8. The van der Waals surface area contributed by atoms with Crippen LogP contribution in [0, 0.1) is 17.9 Å². The maximum absolute atomic E-state index is 12.0. The Morgan fingerprint density at radius 2 is 0.885 bits per heavy atom. The molecule has 0 unspecified atom stereocenters. The Morgan fingerprint density at radius 3 is 1.43 bits per heavy atom. The second-order valence-corrected chi connectivity index (χ2v) is 17.4. The van der Waals surface area contributed by atoms with Gasteiger partial charge >= 0.3 is 0 Å². The van der Waals surface area contributed by atoms with Crippen molar-refractivity contribution in [2.24, 2.45) is 0 Å². The highest BCUT2D eigenvalue weighted by atomic mass is 32.1. The maximum atomic E-state index is 12.0. The lowest BCUT2D eigenvalue weighted by molar-refractivity contribution is 1.19. The molecule has 0 spiro atoms. The second-order valence-electron chi connectivity index (χ2n) is 15.3.